The summed E-state index contributed by atoms with van der Waals surface area (Å²) in [7, 11) is 1.55. The standard InChI is InChI=1S/C14H21ClN2O3/c1-14(2)9-17(7-11(8-18)20-14)6-10-4-12(15)13(19-3)16-5-10/h4-5,11,18H,6-9H2,1-3H3. The molecule has 0 radical (unpaired) electrons. The van der Waals surface area contributed by atoms with Crippen molar-refractivity contribution in [3.8, 4) is 5.88 Å². The third-order valence-electron chi connectivity index (χ3n) is 3.22. The quantitative estimate of drug-likeness (QED) is 0.917. The Morgan fingerprint density at radius 2 is 2.35 bits per heavy atom. The van der Waals surface area contributed by atoms with Crippen LogP contribution in [0.4, 0.5) is 0 Å². The molecule has 0 amide bonds. The van der Waals surface area contributed by atoms with Crippen LogP contribution in [0.15, 0.2) is 12.3 Å². The van der Waals surface area contributed by atoms with Gasteiger partial charge in [-0.25, -0.2) is 4.98 Å². The van der Waals surface area contributed by atoms with Crippen molar-refractivity contribution in [3.63, 3.8) is 0 Å². The van der Waals surface area contributed by atoms with E-state index in [9.17, 15) is 5.11 Å². The average molecular weight is 301 g/mol. The van der Waals surface area contributed by atoms with Crippen molar-refractivity contribution in [1.82, 2.24) is 9.88 Å². The molecule has 0 aliphatic carbocycles. The molecule has 0 aromatic carbocycles. The predicted octanol–water partition coefficient (Wildman–Crippen LogP) is 1.72. The highest BCUT2D eigenvalue weighted by Gasteiger charge is 2.32. The maximum Gasteiger partial charge on any atom is 0.232 e. The van der Waals surface area contributed by atoms with Gasteiger partial charge >= 0.3 is 0 Å². The number of morpholine rings is 1. The first-order chi connectivity index (χ1) is 9.43. The Kier molecular flexibility index (Phi) is 4.86. The lowest BCUT2D eigenvalue weighted by Gasteiger charge is -2.42. The first-order valence-corrected chi connectivity index (χ1v) is 7.01. The maximum absolute atomic E-state index is 9.32. The lowest BCUT2D eigenvalue weighted by Crippen LogP contribution is -2.53. The second-order valence-electron chi connectivity index (χ2n) is 5.69. The summed E-state index contributed by atoms with van der Waals surface area (Å²) >= 11 is 6.09. The lowest BCUT2D eigenvalue weighted by atomic mass is 10.0. The van der Waals surface area contributed by atoms with Gasteiger partial charge in [0.1, 0.15) is 5.02 Å². The average Bonchev–Trinajstić information content (AvgIpc) is 2.37. The fourth-order valence-electron chi connectivity index (χ4n) is 2.59. The normalized spacial score (nSPS) is 22.8. The van der Waals surface area contributed by atoms with Gasteiger partial charge in [-0.1, -0.05) is 11.6 Å². The molecule has 1 aliphatic heterocycles. The summed E-state index contributed by atoms with van der Waals surface area (Å²) < 4.78 is 10.8. The molecule has 1 aromatic heterocycles. The van der Waals surface area contributed by atoms with E-state index in [4.69, 9.17) is 21.1 Å². The van der Waals surface area contributed by atoms with E-state index < -0.39 is 0 Å². The third kappa shape index (κ3) is 3.82. The van der Waals surface area contributed by atoms with Crippen molar-refractivity contribution >= 4 is 11.6 Å². The molecular weight excluding hydrogens is 280 g/mol. The van der Waals surface area contributed by atoms with Crippen LogP contribution in [0.2, 0.25) is 5.02 Å². The zero-order valence-electron chi connectivity index (χ0n) is 12.1. The van der Waals surface area contributed by atoms with Gasteiger partial charge in [-0.2, -0.15) is 0 Å². The topological polar surface area (TPSA) is 54.8 Å². The molecule has 1 aliphatic rings. The number of nitrogens with zero attached hydrogens (tertiary/aromatic N) is 2. The predicted molar refractivity (Wildman–Crippen MR) is 77.1 cm³/mol. The minimum absolute atomic E-state index is 0.0293. The van der Waals surface area contributed by atoms with Crippen LogP contribution in [0.5, 0.6) is 5.88 Å². The van der Waals surface area contributed by atoms with E-state index >= 15 is 0 Å². The number of ether oxygens (including phenoxy) is 2. The number of hydrogen-bond donors (Lipinski definition) is 1. The van der Waals surface area contributed by atoms with E-state index in [-0.39, 0.29) is 18.3 Å². The number of aliphatic hydroxyl groups is 1. The summed E-state index contributed by atoms with van der Waals surface area (Å²) in [6.07, 6.45) is 1.61. The van der Waals surface area contributed by atoms with Crippen molar-refractivity contribution in [2.75, 3.05) is 26.8 Å². The van der Waals surface area contributed by atoms with E-state index in [1.807, 2.05) is 19.9 Å². The molecule has 0 spiro atoms. The number of methoxy groups -OCH3 is 1. The van der Waals surface area contributed by atoms with E-state index in [1.54, 1.807) is 13.3 Å². The fourth-order valence-corrected chi connectivity index (χ4v) is 2.86. The molecule has 1 aromatic rings. The third-order valence-corrected chi connectivity index (χ3v) is 3.49. The maximum atomic E-state index is 9.32. The van der Waals surface area contributed by atoms with Crippen LogP contribution in [-0.2, 0) is 11.3 Å². The minimum Gasteiger partial charge on any atom is -0.480 e. The molecule has 1 unspecified atom stereocenters. The van der Waals surface area contributed by atoms with Gasteiger partial charge in [0.15, 0.2) is 0 Å². The van der Waals surface area contributed by atoms with Crippen molar-refractivity contribution < 1.29 is 14.6 Å². The van der Waals surface area contributed by atoms with Gasteiger partial charge < -0.3 is 14.6 Å². The highest BCUT2D eigenvalue weighted by atomic mass is 35.5. The van der Waals surface area contributed by atoms with Gasteiger partial charge in [-0.3, -0.25) is 4.90 Å². The van der Waals surface area contributed by atoms with Crippen molar-refractivity contribution in [2.45, 2.75) is 32.1 Å². The van der Waals surface area contributed by atoms with Gasteiger partial charge in [0.05, 0.1) is 25.4 Å². The highest BCUT2D eigenvalue weighted by Crippen LogP contribution is 2.25. The second kappa shape index (κ2) is 6.26. The smallest absolute Gasteiger partial charge is 0.232 e. The van der Waals surface area contributed by atoms with Crippen molar-refractivity contribution in [1.29, 1.82) is 0 Å². The summed E-state index contributed by atoms with van der Waals surface area (Å²) in [5, 5.41) is 9.83. The fraction of sp³-hybridized carbons (Fsp3) is 0.643. The Morgan fingerprint density at radius 3 is 2.95 bits per heavy atom. The monoisotopic (exact) mass is 300 g/mol. The van der Waals surface area contributed by atoms with Gasteiger partial charge in [0, 0.05) is 25.8 Å². The number of aliphatic hydroxyl groups excluding tert-OH is 1. The largest absolute Gasteiger partial charge is 0.480 e. The van der Waals surface area contributed by atoms with Crippen LogP contribution in [0.1, 0.15) is 19.4 Å². The van der Waals surface area contributed by atoms with Crippen LogP contribution in [0.25, 0.3) is 0 Å². The van der Waals surface area contributed by atoms with Crippen LogP contribution >= 0.6 is 11.6 Å². The molecule has 6 heteroatoms. The van der Waals surface area contributed by atoms with E-state index in [0.717, 1.165) is 18.7 Å². The number of hydrogen-bond acceptors (Lipinski definition) is 5. The summed E-state index contributed by atoms with van der Waals surface area (Å²) in [4.78, 5) is 6.42. The van der Waals surface area contributed by atoms with Gasteiger partial charge in [-0.15, -0.1) is 0 Å². The first-order valence-electron chi connectivity index (χ1n) is 6.63. The molecule has 1 fully saturated rings. The van der Waals surface area contributed by atoms with E-state index in [1.165, 1.54) is 0 Å². The Bertz CT molecular complexity index is 468. The van der Waals surface area contributed by atoms with E-state index in [2.05, 4.69) is 9.88 Å². The molecule has 1 saturated heterocycles. The molecule has 2 heterocycles. The Morgan fingerprint density at radius 1 is 1.60 bits per heavy atom. The molecular formula is C14H21ClN2O3. The van der Waals surface area contributed by atoms with Crippen molar-refractivity contribution in [2.24, 2.45) is 0 Å². The van der Waals surface area contributed by atoms with Gasteiger partial charge in [0.2, 0.25) is 5.88 Å². The second-order valence-corrected chi connectivity index (χ2v) is 6.09. The number of aromatic nitrogens is 1. The summed E-state index contributed by atoms with van der Waals surface area (Å²) in [5.41, 5.74) is 0.750. The summed E-state index contributed by atoms with van der Waals surface area (Å²) in [5.74, 6) is 0.436. The number of rotatable bonds is 4. The van der Waals surface area contributed by atoms with Crippen LogP contribution < -0.4 is 4.74 Å². The Hall–Kier alpha value is -0.880. The first kappa shape index (κ1) is 15.5. The molecule has 1 N–H and O–H groups in total. The number of halogens is 1. The van der Waals surface area contributed by atoms with Gasteiger partial charge in [0.25, 0.3) is 0 Å². The van der Waals surface area contributed by atoms with E-state index in [0.29, 0.717) is 17.4 Å². The number of pyridine rings is 1. The zero-order valence-corrected chi connectivity index (χ0v) is 12.9. The van der Waals surface area contributed by atoms with Gasteiger partial charge in [-0.05, 0) is 25.5 Å². The van der Waals surface area contributed by atoms with Crippen molar-refractivity contribution in [3.05, 3.63) is 22.8 Å². The minimum atomic E-state index is -0.269. The molecule has 1 atom stereocenters. The lowest BCUT2D eigenvalue weighted by molar-refractivity contribution is -0.150. The summed E-state index contributed by atoms with van der Waals surface area (Å²) in [6, 6.07) is 1.86. The van der Waals surface area contributed by atoms with Crippen LogP contribution in [0.3, 0.4) is 0 Å². The highest BCUT2D eigenvalue weighted by molar-refractivity contribution is 6.31. The molecule has 112 valence electrons. The molecule has 5 nitrogen and oxygen atoms in total. The molecule has 0 saturated carbocycles. The molecule has 20 heavy (non-hydrogen) atoms. The van der Waals surface area contributed by atoms with Crippen LogP contribution in [0, 0.1) is 0 Å². The molecule has 2 rings (SSSR count). The Balaban J connectivity index is 2.07. The SMILES string of the molecule is COc1ncc(CN2CC(CO)OC(C)(C)C2)cc1Cl. The Labute approximate surface area is 124 Å². The summed E-state index contributed by atoms with van der Waals surface area (Å²) in [6.45, 7) is 6.31. The van der Waals surface area contributed by atoms with Crippen LogP contribution in [-0.4, -0.2) is 53.5 Å². The zero-order chi connectivity index (χ0) is 14.8. The molecule has 0 bridgehead atoms.